The molecule has 0 unspecified atom stereocenters. The highest BCUT2D eigenvalue weighted by molar-refractivity contribution is 7.89. The number of aromatic amines is 1. The molecule has 8 heteroatoms. The minimum absolute atomic E-state index is 0.174. The first-order valence-corrected chi connectivity index (χ1v) is 8.39. The first kappa shape index (κ1) is 16.2. The van der Waals surface area contributed by atoms with Gasteiger partial charge in [0.15, 0.2) is 0 Å². The standard InChI is InChI=1S/C13H22N4O3S/c1-15(2)5-6-16-7-9-17(10-8-16)21(19,20)13-11-14-4-3-12(13)18/h3-4,11H,5-10H2,1-2H3,(H,14,18). The van der Waals surface area contributed by atoms with Gasteiger partial charge in [-0.05, 0) is 14.1 Å². The van der Waals surface area contributed by atoms with Crippen LogP contribution >= 0.6 is 0 Å². The zero-order valence-corrected chi connectivity index (χ0v) is 13.3. The van der Waals surface area contributed by atoms with Gasteiger partial charge in [-0.3, -0.25) is 9.69 Å². The van der Waals surface area contributed by atoms with Crippen molar-refractivity contribution in [1.82, 2.24) is 19.1 Å². The van der Waals surface area contributed by atoms with Crippen molar-refractivity contribution in [2.24, 2.45) is 0 Å². The molecule has 0 spiro atoms. The van der Waals surface area contributed by atoms with Crippen LogP contribution in [0.15, 0.2) is 28.2 Å². The van der Waals surface area contributed by atoms with Crippen molar-refractivity contribution in [3.05, 3.63) is 28.7 Å². The van der Waals surface area contributed by atoms with Gasteiger partial charge in [-0.25, -0.2) is 8.42 Å². The third kappa shape index (κ3) is 3.91. The molecule has 1 aliphatic rings. The number of likely N-dealkylation sites (N-methyl/N-ethyl adjacent to an activating group) is 1. The first-order chi connectivity index (χ1) is 9.91. The number of nitrogens with zero attached hydrogens (tertiary/aromatic N) is 3. The molecule has 1 fully saturated rings. The number of piperazine rings is 1. The SMILES string of the molecule is CN(C)CCN1CCN(S(=O)(=O)c2c[nH]ccc2=O)CC1. The van der Waals surface area contributed by atoms with E-state index in [-0.39, 0.29) is 4.90 Å². The van der Waals surface area contributed by atoms with E-state index in [1.807, 2.05) is 14.1 Å². The molecule has 2 rings (SSSR count). The molecule has 1 saturated heterocycles. The Hall–Kier alpha value is -1.22. The van der Waals surface area contributed by atoms with Crippen LogP contribution in [0.1, 0.15) is 0 Å². The Balaban J connectivity index is 2.02. The second-order valence-corrected chi connectivity index (χ2v) is 7.33. The average molecular weight is 314 g/mol. The number of H-pyrrole nitrogens is 1. The molecule has 0 bridgehead atoms. The quantitative estimate of drug-likeness (QED) is 0.773. The predicted octanol–water partition coefficient (Wildman–Crippen LogP) is -0.757. The highest BCUT2D eigenvalue weighted by Crippen LogP contribution is 2.13. The number of nitrogens with one attached hydrogen (secondary N) is 1. The average Bonchev–Trinajstić information content (AvgIpc) is 2.46. The summed E-state index contributed by atoms with van der Waals surface area (Å²) in [6.07, 6.45) is 2.69. The molecule has 1 aromatic heterocycles. The van der Waals surface area contributed by atoms with Crippen LogP contribution < -0.4 is 5.43 Å². The van der Waals surface area contributed by atoms with Crippen molar-refractivity contribution in [3.8, 4) is 0 Å². The van der Waals surface area contributed by atoms with Gasteiger partial charge in [0.05, 0.1) is 0 Å². The highest BCUT2D eigenvalue weighted by atomic mass is 32.2. The number of sulfonamides is 1. The molecule has 0 saturated carbocycles. The zero-order valence-electron chi connectivity index (χ0n) is 12.4. The van der Waals surface area contributed by atoms with Crippen LogP contribution in [0.2, 0.25) is 0 Å². The van der Waals surface area contributed by atoms with Gasteiger partial charge >= 0.3 is 0 Å². The third-order valence-electron chi connectivity index (χ3n) is 3.60. The van der Waals surface area contributed by atoms with Crippen LogP contribution in [0, 0.1) is 0 Å². The van der Waals surface area contributed by atoms with Crippen molar-refractivity contribution >= 4 is 10.0 Å². The fourth-order valence-corrected chi connectivity index (χ4v) is 3.74. The fraction of sp³-hybridized carbons (Fsp3) is 0.615. The lowest BCUT2D eigenvalue weighted by Crippen LogP contribution is -2.50. The Morgan fingerprint density at radius 3 is 2.48 bits per heavy atom. The summed E-state index contributed by atoms with van der Waals surface area (Å²) < 4.78 is 26.3. The van der Waals surface area contributed by atoms with Crippen LogP contribution in [-0.2, 0) is 10.0 Å². The molecule has 0 atom stereocenters. The van der Waals surface area contributed by atoms with Gasteiger partial charge in [-0.15, -0.1) is 0 Å². The van der Waals surface area contributed by atoms with Crippen LogP contribution in [0.25, 0.3) is 0 Å². The van der Waals surface area contributed by atoms with E-state index in [0.29, 0.717) is 26.2 Å². The highest BCUT2D eigenvalue weighted by Gasteiger charge is 2.29. The van der Waals surface area contributed by atoms with Crippen LogP contribution in [-0.4, -0.2) is 80.9 Å². The lowest BCUT2D eigenvalue weighted by Gasteiger charge is -2.34. The van der Waals surface area contributed by atoms with E-state index in [1.54, 1.807) is 0 Å². The topological polar surface area (TPSA) is 76.7 Å². The Labute approximate surface area is 125 Å². The van der Waals surface area contributed by atoms with Gasteiger partial charge in [0.2, 0.25) is 15.5 Å². The zero-order chi connectivity index (χ0) is 15.5. The molecule has 1 aliphatic heterocycles. The Morgan fingerprint density at radius 1 is 1.24 bits per heavy atom. The van der Waals surface area contributed by atoms with Crippen molar-refractivity contribution in [2.75, 3.05) is 53.4 Å². The maximum Gasteiger partial charge on any atom is 0.248 e. The van der Waals surface area contributed by atoms with Crippen molar-refractivity contribution in [3.63, 3.8) is 0 Å². The fourth-order valence-electron chi connectivity index (χ4n) is 2.28. The molecule has 0 radical (unpaired) electrons. The second-order valence-electron chi connectivity index (χ2n) is 5.42. The smallest absolute Gasteiger partial charge is 0.248 e. The van der Waals surface area contributed by atoms with E-state index in [1.165, 1.54) is 22.8 Å². The summed E-state index contributed by atoms with van der Waals surface area (Å²) in [6, 6.07) is 1.24. The number of hydrogen-bond donors (Lipinski definition) is 1. The summed E-state index contributed by atoms with van der Waals surface area (Å²) >= 11 is 0. The van der Waals surface area contributed by atoms with Crippen molar-refractivity contribution in [1.29, 1.82) is 0 Å². The molecule has 0 aromatic carbocycles. The number of hydrogen-bond acceptors (Lipinski definition) is 5. The van der Waals surface area contributed by atoms with E-state index in [0.717, 1.165) is 13.1 Å². The van der Waals surface area contributed by atoms with Gasteiger partial charge in [0.25, 0.3) is 0 Å². The summed E-state index contributed by atoms with van der Waals surface area (Å²) in [5.41, 5.74) is -0.469. The molecule has 21 heavy (non-hydrogen) atoms. The molecule has 0 amide bonds. The Bertz CT molecular complexity index is 618. The summed E-state index contributed by atoms with van der Waals surface area (Å²) in [5, 5.41) is 0. The Morgan fingerprint density at radius 2 is 1.90 bits per heavy atom. The van der Waals surface area contributed by atoms with Gasteiger partial charge in [0.1, 0.15) is 4.90 Å². The molecule has 2 heterocycles. The lowest BCUT2D eigenvalue weighted by molar-refractivity contribution is 0.174. The third-order valence-corrected chi connectivity index (χ3v) is 5.52. The van der Waals surface area contributed by atoms with Gasteiger partial charge in [-0.1, -0.05) is 0 Å². The molecule has 118 valence electrons. The second kappa shape index (κ2) is 6.69. The summed E-state index contributed by atoms with van der Waals surface area (Å²) in [7, 11) is 0.338. The maximum absolute atomic E-state index is 12.5. The number of pyridine rings is 1. The maximum atomic E-state index is 12.5. The normalized spacial score (nSPS) is 18.2. The molecular weight excluding hydrogens is 292 g/mol. The van der Waals surface area contributed by atoms with E-state index < -0.39 is 15.5 Å². The number of rotatable bonds is 5. The van der Waals surface area contributed by atoms with Crippen LogP contribution in [0.4, 0.5) is 0 Å². The minimum Gasteiger partial charge on any atom is -0.366 e. The predicted molar refractivity (Wildman–Crippen MR) is 80.8 cm³/mol. The van der Waals surface area contributed by atoms with Crippen molar-refractivity contribution in [2.45, 2.75) is 4.90 Å². The lowest BCUT2D eigenvalue weighted by atomic mass is 10.3. The minimum atomic E-state index is -3.69. The molecule has 1 N–H and O–H groups in total. The van der Waals surface area contributed by atoms with E-state index in [4.69, 9.17) is 0 Å². The molecular formula is C13H22N4O3S. The summed E-state index contributed by atoms with van der Waals surface area (Å²) in [4.78, 5) is 18.5. The monoisotopic (exact) mass is 314 g/mol. The van der Waals surface area contributed by atoms with Crippen LogP contribution in [0.3, 0.4) is 0 Å². The van der Waals surface area contributed by atoms with Gasteiger partial charge in [-0.2, -0.15) is 4.31 Å². The van der Waals surface area contributed by atoms with Crippen LogP contribution in [0.5, 0.6) is 0 Å². The van der Waals surface area contributed by atoms with Gasteiger partial charge < -0.3 is 9.88 Å². The van der Waals surface area contributed by atoms with E-state index in [9.17, 15) is 13.2 Å². The first-order valence-electron chi connectivity index (χ1n) is 6.95. The van der Waals surface area contributed by atoms with Gasteiger partial charge in [0, 0.05) is 57.7 Å². The van der Waals surface area contributed by atoms with E-state index >= 15 is 0 Å². The summed E-state index contributed by atoms with van der Waals surface area (Å²) in [5.74, 6) is 0. The molecule has 7 nitrogen and oxygen atoms in total. The summed E-state index contributed by atoms with van der Waals surface area (Å²) in [6.45, 7) is 4.10. The molecule has 1 aromatic rings. The Kier molecular flexibility index (Phi) is 5.15. The largest absolute Gasteiger partial charge is 0.366 e. The molecule has 0 aliphatic carbocycles. The van der Waals surface area contributed by atoms with Crippen molar-refractivity contribution < 1.29 is 8.42 Å². The van der Waals surface area contributed by atoms with E-state index in [2.05, 4.69) is 14.8 Å². The number of aromatic nitrogens is 1.